The normalized spacial score (nSPS) is 15.7. The first-order valence-corrected chi connectivity index (χ1v) is 8.60. The summed E-state index contributed by atoms with van der Waals surface area (Å²) in [7, 11) is 1.72. The smallest absolute Gasteiger partial charge is 0.262 e. The zero-order valence-corrected chi connectivity index (χ0v) is 14.7. The maximum atomic E-state index is 12.4. The van der Waals surface area contributed by atoms with Gasteiger partial charge < -0.3 is 10.2 Å². The highest BCUT2D eigenvalue weighted by molar-refractivity contribution is 6.22. The molecule has 2 heterocycles. The summed E-state index contributed by atoms with van der Waals surface area (Å²) in [4.78, 5) is 51.4. The fraction of sp³-hybridized carbons (Fsp3) is 0.200. The van der Waals surface area contributed by atoms with Crippen LogP contribution < -0.4 is 10.2 Å². The van der Waals surface area contributed by atoms with Gasteiger partial charge in [-0.2, -0.15) is 0 Å². The summed E-state index contributed by atoms with van der Waals surface area (Å²) in [6.07, 6.45) is 1.04. The van der Waals surface area contributed by atoms with Gasteiger partial charge in [-0.1, -0.05) is 12.1 Å². The van der Waals surface area contributed by atoms with E-state index in [0.717, 1.165) is 16.2 Å². The van der Waals surface area contributed by atoms with E-state index in [1.165, 1.54) is 0 Å². The lowest BCUT2D eigenvalue weighted by Crippen LogP contribution is -2.37. The molecule has 27 heavy (non-hydrogen) atoms. The Morgan fingerprint density at radius 2 is 1.67 bits per heavy atom. The van der Waals surface area contributed by atoms with E-state index in [2.05, 4.69) is 5.32 Å². The van der Waals surface area contributed by atoms with Crippen LogP contribution in [0.25, 0.3) is 0 Å². The minimum absolute atomic E-state index is 0.0601. The number of aryl methyl sites for hydroxylation is 1. The van der Waals surface area contributed by atoms with Crippen molar-refractivity contribution in [3.05, 3.63) is 59.2 Å². The molecule has 0 saturated carbocycles. The van der Waals surface area contributed by atoms with Crippen LogP contribution in [-0.2, 0) is 16.0 Å². The molecule has 2 aromatic carbocycles. The van der Waals surface area contributed by atoms with Crippen LogP contribution in [0, 0.1) is 0 Å². The van der Waals surface area contributed by atoms with Crippen LogP contribution in [0.3, 0.4) is 0 Å². The fourth-order valence-electron chi connectivity index (χ4n) is 3.46. The first-order valence-electron chi connectivity index (χ1n) is 8.60. The number of anilines is 2. The highest BCUT2D eigenvalue weighted by atomic mass is 16.2. The summed E-state index contributed by atoms with van der Waals surface area (Å²) in [5, 5.41) is 2.72. The molecule has 7 heteroatoms. The lowest BCUT2D eigenvalue weighted by Gasteiger charge is -2.26. The van der Waals surface area contributed by atoms with Crippen LogP contribution in [0.1, 0.15) is 32.7 Å². The molecule has 0 saturated heterocycles. The van der Waals surface area contributed by atoms with Crippen LogP contribution in [0.4, 0.5) is 11.4 Å². The van der Waals surface area contributed by atoms with E-state index in [4.69, 9.17) is 0 Å². The standard InChI is InChI=1S/C20H17N3O4/c1-22-16-8-7-13(10-12(16)6-9-18(22)25)21-17(24)11-23-19(26)14-4-2-3-5-15(14)20(23)27/h2-5,7-8,10H,6,9,11H2,1H3,(H,21,24). The van der Waals surface area contributed by atoms with Crippen molar-refractivity contribution in [2.45, 2.75) is 12.8 Å². The number of amides is 4. The number of benzene rings is 2. The molecule has 0 atom stereocenters. The molecule has 0 bridgehead atoms. The van der Waals surface area contributed by atoms with Crippen molar-refractivity contribution in [2.75, 3.05) is 23.8 Å². The number of nitrogens with one attached hydrogen (secondary N) is 1. The number of hydrogen-bond acceptors (Lipinski definition) is 4. The zero-order valence-electron chi connectivity index (χ0n) is 14.7. The van der Waals surface area contributed by atoms with Crippen molar-refractivity contribution in [1.82, 2.24) is 4.90 Å². The molecule has 2 aromatic rings. The van der Waals surface area contributed by atoms with E-state index in [1.807, 2.05) is 6.07 Å². The molecular weight excluding hydrogens is 346 g/mol. The molecular formula is C20H17N3O4. The van der Waals surface area contributed by atoms with Gasteiger partial charge in [0.25, 0.3) is 11.8 Å². The van der Waals surface area contributed by atoms with Gasteiger partial charge in [-0.15, -0.1) is 0 Å². The Hall–Kier alpha value is -3.48. The number of imide groups is 1. The van der Waals surface area contributed by atoms with Gasteiger partial charge in [0.2, 0.25) is 11.8 Å². The molecule has 7 nitrogen and oxygen atoms in total. The number of hydrogen-bond donors (Lipinski definition) is 1. The predicted molar refractivity (Wildman–Crippen MR) is 98.6 cm³/mol. The molecule has 4 amide bonds. The highest BCUT2D eigenvalue weighted by Crippen LogP contribution is 2.29. The van der Waals surface area contributed by atoms with Gasteiger partial charge in [0.15, 0.2) is 0 Å². The third-order valence-electron chi connectivity index (χ3n) is 4.89. The van der Waals surface area contributed by atoms with E-state index in [9.17, 15) is 19.2 Å². The fourth-order valence-corrected chi connectivity index (χ4v) is 3.46. The predicted octanol–water partition coefficient (Wildman–Crippen LogP) is 1.83. The number of fused-ring (bicyclic) bond motifs is 2. The summed E-state index contributed by atoms with van der Waals surface area (Å²) in [6, 6.07) is 11.8. The molecule has 4 rings (SSSR count). The molecule has 0 aromatic heterocycles. The lowest BCUT2D eigenvalue weighted by molar-refractivity contribution is -0.118. The average Bonchev–Trinajstić information content (AvgIpc) is 2.90. The van der Waals surface area contributed by atoms with Gasteiger partial charge in [-0.25, -0.2) is 0 Å². The third kappa shape index (κ3) is 2.87. The Kier molecular flexibility index (Phi) is 3.99. The highest BCUT2D eigenvalue weighted by Gasteiger charge is 2.36. The molecule has 0 aliphatic carbocycles. The first kappa shape index (κ1) is 17.0. The van der Waals surface area contributed by atoms with Crippen molar-refractivity contribution in [3.8, 4) is 0 Å². The number of carbonyl (C=O) groups excluding carboxylic acids is 4. The molecule has 0 unspecified atom stereocenters. The molecule has 136 valence electrons. The molecule has 1 N–H and O–H groups in total. The third-order valence-corrected chi connectivity index (χ3v) is 4.89. The van der Waals surface area contributed by atoms with Crippen molar-refractivity contribution >= 4 is 35.0 Å². The number of nitrogens with zero attached hydrogens (tertiary/aromatic N) is 2. The summed E-state index contributed by atoms with van der Waals surface area (Å²) >= 11 is 0. The monoisotopic (exact) mass is 363 g/mol. The Morgan fingerprint density at radius 3 is 2.33 bits per heavy atom. The van der Waals surface area contributed by atoms with Gasteiger partial charge in [0.05, 0.1) is 11.1 Å². The topological polar surface area (TPSA) is 86.8 Å². The summed E-state index contributed by atoms with van der Waals surface area (Å²) in [6.45, 7) is -0.345. The van der Waals surface area contributed by atoms with Crippen LogP contribution in [0.2, 0.25) is 0 Å². The van der Waals surface area contributed by atoms with Gasteiger partial charge in [-0.05, 0) is 42.3 Å². The maximum Gasteiger partial charge on any atom is 0.262 e. The average molecular weight is 363 g/mol. The van der Waals surface area contributed by atoms with Crippen LogP contribution in [0.5, 0.6) is 0 Å². The van der Waals surface area contributed by atoms with Gasteiger partial charge in [0, 0.05) is 24.8 Å². The van der Waals surface area contributed by atoms with Gasteiger partial charge in [0.1, 0.15) is 6.54 Å². The molecule has 2 aliphatic rings. The SMILES string of the molecule is CN1C(=O)CCc2cc(NC(=O)CN3C(=O)c4ccccc4C3=O)ccc21. The van der Waals surface area contributed by atoms with E-state index in [-0.39, 0.29) is 12.5 Å². The van der Waals surface area contributed by atoms with Crippen LogP contribution >= 0.6 is 0 Å². The summed E-state index contributed by atoms with van der Waals surface area (Å²) in [5.74, 6) is -1.32. The van der Waals surface area contributed by atoms with E-state index in [1.54, 1.807) is 48.3 Å². The molecule has 2 aliphatic heterocycles. The molecule has 0 spiro atoms. The van der Waals surface area contributed by atoms with Crippen LogP contribution in [0.15, 0.2) is 42.5 Å². The van der Waals surface area contributed by atoms with Crippen molar-refractivity contribution in [3.63, 3.8) is 0 Å². The van der Waals surface area contributed by atoms with Crippen molar-refractivity contribution < 1.29 is 19.2 Å². The van der Waals surface area contributed by atoms with E-state index < -0.39 is 17.7 Å². The maximum absolute atomic E-state index is 12.4. The largest absolute Gasteiger partial charge is 0.325 e. The zero-order chi connectivity index (χ0) is 19.1. The molecule has 0 fully saturated rings. The van der Waals surface area contributed by atoms with Crippen molar-refractivity contribution in [2.24, 2.45) is 0 Å². The minimum atomic E-state index is -0.462. The summed E-state index contributed by atoms with van der Waals surface area (Å²) in [5.41, 5.74) is 2.99. The second-order valence-corrected chi connectivity index (χ2v) is 6.59. The number of rotatable bonds is 3. The Bertz CT molecular complexity index is 963. The Labute approximate surface area is 155 Å². The van der Waals surface area contributed by atoms with E-state index >= 15 is 0 Å². The molecule has 0 radical (unpaired) electrons. The quantitative estimate of drug-likeness (QED) is 0.843. The Morgan fingerprint density at radius 1 is 1.00 bits per heavy atom. The summed E-state index contributed by atoms with van der Waals surface area (Å²) < 4.78 is 0. The van der Waals surface area contributed by atoms with Gasteiger partial charge in [-0.3, -0.25) is 24.1 Å². The second-order valence-electron chi connectivity index (χ2n) is 6.59. The second kappa shape index (κ2) is 6.35. The minimum Gasteiger partial charge on any atom is -0.325 e. The number of carbonyl (C=O) groups is 4. The van der Waals surface area contributed by atoms with Crippen molar-refractivity contribution in [1.29, 1.82) is 0 Å². The Balaban J connectivity index is 1.47. The lowest BCUT2D eigenvalue weighted by atomic mass is 10.0. The van der Waals surface area contributed by atoms with Crippen LogP contribution in [-0.4, -0.2) is 42.1 Å². The van der Waals surface area contributed by atoms with Gasteiger partial charge >= 0.3 is 0 Å². The first-order chi connectivity index (χ1) is 13.0. The van der Waals surface area contributed by atoms with E-state index in [0.29, 0.717) is 29.7 Å².